The van der Waals surface area contributed by atoms with Gasteiger partial charge in [-0.25, -0.2) is 4.98 Å². The molecule has 5 aliphatic heterocycles. The third-order valence-electron chi connectivity index (χ3n) is 12.8. The molecule has 3 aromatic carbocycles. The molecule has 4 saturated heterocycles. The number of hydrogen-bond acceptors (Lipinski definition) is 10. The topological polar surface area (TPSA) is 171 Å². The number of nitrogens with one attached hydrogen (secondary N) is 3. The third kappa shape index (κ3) is 7.78. The molecule has 1 aromatic heterocycles. The number of imide groups is 2. The molecule has 0 bridgehead atoms. The van der Waals surface area contributed by atoms with E-state index in [0.717, 1.165) is 72.2 Å². The maximum absolute atomic E-state index is 13.4. The van der Waals surface area contributed by atoms with Crippen LogP contribution in [-0.4, -0.2) is 118 Å². The number of benzene rings is 3. The first-order valence-corrected chi connectivity index (χ1v) is 20.9. The highest BCUT2D eigenvalue weighted by molar-refractivity contribution is 6.23. The maximum Gasteiger partial charge on any atom is 0.262 e. The molecule has 1 unspecified atom stereocenters. The number of aromatic nitrogens is 2. The van der Waals surface area contributed by atoms with Crippen LogP contribution in [0.1, 0.15) is 88.8 Å². The van der Waals surface area contributed by atoms with Crippen LogP contribution in [0.3, 0.4) is 0 Å². The van der Waals surface area contributed by atoms with E-state index in [4.69, 9.17) is 4.98 Å². The van der Waals surface area contributed by atoms with E-state index in [-0.39, 0.29) is 41.7 Å². The molecule has 0 radical (unpaired) electrons. The maximum atomic E-state index is 13.4. The van der Waals surface area contributed by atoms with Crippen molar-refractivity contribution < 1.29 is 28.8 Å². The zero-order chi connectivity index (χ0) is 40.8. The fourth-order valence-corrected chi connectivity index (χ4v) is 9.30. The lowest BCUT2D eigenvalue weighted by Gasteiger charge is -2.38. The Morgan fingerprint density at radius 1 is 0.780 bits per heavy atom. The number of H-pyrrole nitrogens is 1. The van der Waals surface area contributed by atoms with Gasteiger partial charge in [-0.2, -0.15) is 0 Å². The minimum atomic E-state index is -0.995. The predicted octanol–water partition coefficient (Wildman–Crippen LogP) is 4.16. The molecule has 306 valence electrons. The van der Waals surface area contributed by atoms with Crippen molar-refractivity contribution in [2.24, 2.45) is 5.92 Å². The third-order valence-corrected chi connectivity index (χ3v) is 12.8. The second-order valence-corrected chi connectivity index (χ2v) is 16.6. The Hall–Kier alpha value is -6.09. The summed E-state index contributed by atoms with van der Waals surface area (Å²) in [6.45, 7) is 8.26. The highest BCUT2D eigenvalue weighted by Gasteiger charge is 2.45. The molecular formula is C44H49N9O6. The molecule has 15 heteroatoms. The highest BCUT2D eigenvalue weighted by atomic mass is 16.2. The van der Waals surface area contributed by atoms with Gasteiger partial charge in [0, 0.05) is 80.8 Å². The van der Waals surface area contributed by atoms with Gasteiger partial charge in [0.15, 0.2) is 0 Å². The van der Waals surface area contributed by atoms with Crippen molar-refractivity contribution >= 4 is 63.5 Å². The van der Waals surface area contributed by atoms with Crippen LogP contribution >= 0.6 is 0 Å². The van der Waals surface area contributed by atoms with E-state index in [0.29, 0.717) is 49.9 Å². The lowest BCUT2D eigenvalue weighted by Crippen LogP contribution is -2.54. The number of carbonyl (C=O) groups is 6. The van der Waals surface area contributed by atoms with Gasteiger partial charge in [-0.3, -0.25) is 43.9 Å². The Morgan fingerprint density at radius 3 is 2.24 bits per heavy atom. The molecule has 2 atom stereocenters. The second-order valence-electron chi connectivity index (χ2n) is 16.6. The molecule has 4 aromatic rings. The van der Waals surface area contributed by atoms with E-state index >= 15 is 0 Å². The van der Waals surface area contributed by atoms with Crippen LogP contribution in [0.25, 0.3) is 11.0 Å². The molecule has 4 fully saturated rings. The lowest BCUT2D eigenvalue weighted by atomic mass is 9.92. The fourth-order valence-electron chi connectivity index (χ4n) is 9.30. The average Bonchev–Trinajstić information content (AvgIpc) is 3.92. The molecule has 3 N–H and O–H groups in total. The number of aromatic amines is 1. The van der Waals surface area contributed by atoms with Crippen LogP contribution in [0.15, 0.2) is 60.7 Å². The second kappa shape index (κ2) is 15.9. The normalized spacial score (nSPS) is 21.7. The van der Waals surface area contributed by atoms with Gasteiger partial charge < -0.3 is 25.0 Å². The van der Waals surface area contributed by atoms with Gasteiger partial charge in [-0.1, -0.05) is 0 Å². The Balaban J connectivity index is 0.725. The highest BCUT2D eigenvalue weighted by Crippen LogP contribution is 2.33. The summed E-state index contributed by atoms with van der Waals surface area (Å²) >= 11 is 0. The Kier molecular flexibility index (Phi) is 10.4. The Bertz CT molecular complexity index is 2330. The monoisotopic (exact) mass is 799 g/mol. The number of likely N-dealkylation sites (tertiary alicyclic amines) is 1. The van der Waals surface area contributed by atoms with E-state index in [9.17, 15) is 28.8 Å². The van der Waals surface area contributed by atoms with Crippen molar-refractivity contribution in [3.63, 3.8) is 0 Å². The van der Waals surface area contributed by atoms with Crippen LogP contribution in [0.4, 0.5) is 17.1 Å². The summed E-state index contributed by atoms with van der Waals surface area (Å²) in [5.74, 6) is -0.896. The van der Waals surface area contributed by atoms with Gasteiger partial charge in [0.25, 0.3) is 17.7 Å². The molecule has 15 nitrogen and oxygen atoms in total. The van der Waals surface area contributed by atoms with Crippen molar-refractivity contribution in [3.8, 4) is 0 Å². The molecule has 0 saturated carbocycles. The minimum absolute atomic E-state index is 0.0758. The quantitative estimate of drug-likeness (QED) is 0.209. The van der Waals surface area contributed by atoms with Crippen molar-refractivity contribution in [1.82, 2.24) is 30.0 Å². The van der Waals surface area contributed by atoms with Crippen molar-refractivity contribution in [3.05, 3.63) is 83.2 Å². The van der Waals surface area contributed by atoms with Gasteiger partial charge in [0.05, 0.1) is 28.7 Å². The molecule has 0 aliphatic carbocycles. The summed E-state index contributed by atoms with van der Waals surface area (Å²) in [5, 5.41) is 5.25. The molecule has 5 aliphatic rings. The Morgan fingerprint density at radius 2 is 1.51 bits per heavy atom. The summed E-state index contributed by atoms with van der Waals surface area (Å²) in [4.78, 5) is 95.1. The molecule has 0 spiro atoms. The first kappa shape index (κ1) is 38.4. The van der Waals surface area contributed by atoms with Crippen molar-refractivity contribution in [2.75, 3.05) is 60.9 Å². The number of nitrogens with zero attached hydrogens (tertiary/aromatic N) is 6. The molecule has 9 rings (SSSR count). The lowest BCUT2D eigenvalue weighted by molar-refractivity contribution is -0.136. The molecular weight excluding hydrogens is 751 g/mol. The number of hydrogen-bond donors (Lipinski definition) is 3. The van der Waals surface area contributed by atoms with Crippen molar-refractivity contribution in [2.45, 2.75) is 70.5 Å². The summed E-state index contributed by atoms with van der Waals surface area (Å²) < 4.78 is 0. The van der Waals surface area contributed by atoms with E-state index in [2.05, 4.69) is 37.2 Å². The summed E-state index contributed by atoms with van der Waals surface area (Å²) in [6.07, 6.45) is 4.78. The molecule has 6 heterocycles. The average molecular weight is 800 g/mol. The number of piperidine rings is 2. The number of imidazole rings is 1. The van der Waals surface area contributed by atoms with Crippen molar-refractivity contribution in [1.29, 1.82) is 0 Å². The van der Waals surface area contributed by atoms with Crippen LogP contribution in [-0.2, 0) is 20.9 Å². The van der Waals surface area contributed by atoms with E-state index in [1.54, 1.807) is 12.1 Å². The number of carbonyl (C=O) groups excluding carboxylic acids is 6. The van der Waals surface area contributed by atoms with Crippen LogP contribution in [0.5, 0.6) is 0 Å². The van der Waals surface area contributed by atoms with Crippen LogP contribution in [0.2, 0.25) is 0 Å². The zero-order valence-corrected chi connectivity index (χ0v) is 33.2. The van der Waals surface area contributed by atoms with Gasteiger partial charge in [0.2, 0.25) is 17.7 Å². The van der Waals surface area contributed by atoms with Gasteiger partial charge in [0.1, 0.15) is 11.9 Å². The number of rotatable bonds is 9. The first-order chi connectivity index (χ1) is 28.6. The molecule has 59 heavy (non-hydrogen) atoms. The SMILES string of the molecule is C[C@H]1CCCN1Cc1nc2cc(NC(=O)c3ccc(N4CCN(C(=O)CC5CCN(c6ccc7c(c6)C(=O)N(C6CCC(=O)NC6=O)C7=O)CC5)CC4)cc3)ccc2[nH]1. The summed E-state index contributed by atoms with van der Waals surface area (Å²) in [7, 11) is 0. The zero-order valence-electron chi connectivity index (χ0n) is 33.2. The summed E-state index contributed by atoms with van der Waals surface area (Å²) in [6, 6.07) is 18.1. The standard InChI is InChI=1S/C44H49N9O6/c1-27-3-2-16-52(27)26-38-46-35-11-6-30(24-36(35)47-38)45-41(56)29-4-7-31(8-5-29)50-19-21-51(22-20-50)40(55)23-28-14-17-49(18-15-28)32-9-10-33-34(25-32)44(59)53(43(33)58)37-12-13-39(54)48-42(37)57/h4-11,24-25,27-28,37H,2-3,12-23,26H2,1H3,(H,45,56)(H,46,47)(H,48,54,57)/t27-,37?/m0/s1. The number of piperazine rings is 1. The summed E-state index contributed by atoms with van der Waals surface area (Å²) in [5.41, 5.74) is 5.42. The smallest absolute Gasteiger partial charge is 0.262 e. The van der Waals surface area contributed by atoms with Crippen LogP contribution < -0.4 is 20.4 Å². The minimum Gasteiger partial charge on any atom is -0.371 e. The van der Waals surface area contributed by atoms with Crippen LogP contribution in [0, 0.1) is 5.92 Å². The van der Waals surface area contributed by atoms with E-state index < -0.39 is 29.7 Å². The predicted molar refractivity (Wildman–Crippen MR) is 221 cm³/mol. The van der Waals surface area contributed by atoms with E-state index in [1.165, 1.54) is 12.8 Å². The van der Waals surface area contributed by atoms with E-state index in [1.807, 2.05) is 53.4 Å². The number of fused-ring (bicyclic) bond motifs is 2. The number of anilines is 3. The van der Waals surface area contributed by atoms with Gasteiger partial charge in [-0.05, 0) is 112 Å². The Labute approximate surface area is 342 Å². The van der Waals surface area contributed by atoms with Gasteiger partial charge >= 0.3 is 0 Å². The first-order valence-electron chi connectivity index (χ1n) is 20.9. The fraction of sp³-hybridized carbons (Fsp3) is 0.432. The molecule has 6 amide bonds. The van der Waals surface area contributed by atoms with Gasteiger partial charge in [-0.15, -0.1) is 0 Å². The number of amides is 6. The largest absolute Gasteiger partial charge is 0.371 e.